The molecule has 6 heteroatoms. The van der Waals surface area contributed by atoms with E-state index in [0.717, 1.165) is 16.3 Å². The van der Waals surface area contributed by atoms with Crippen LogP contribution in [-0.4, -0.2) is 30.0 Å². The molecule has 26 heavy (non-hydrogen) atoms. The molecular weight excluding hydrogens is 348 g/mol. The number of ether oxygens (including phenoxy) is 1. The number of likely N-dealkylation sites (N-methyl/N-ethyl adjacent to an activating group) is 1. The maximum Gasteiger partial charge on any atom is 0.358 e. The van der Waals surface area contributed by atoms with Crippen molar-refractivity contribution in [3.63, 3.8) is 0 Å². The Bertz CT molecular complexity index is 894. The average Bonchev–Trinajstić information content (AvgIpc) is 3.18. The molecule has 2 aromatic carbocycles. The maximum absolute atomic E-state index is 12.5. The van der Waals surface area contributed by atoms with Crippen molar-refractivity contribution in [3.8, 4) is 10.6 Å². The van der Waals surface area contributed by atoms with Gasteiger partial charge < -0.3 is 9.64 Å². The number of amides is 1. The molecular formula is C20H18N2O3S. The van der Waals surface area contributed by atoms with E-state index in [0.29, 0.717) is 0 Å². The summed E-state index contributed by atoms with van der Waals surface area (Å²) in [6.45, 7) is 1.56. The molecule has 0 radical (unpaired) electrons. The van der Waals surface area contributed by atoms with Gasteiger partial charge in [0.1, 0.15) is 5.01 Å². The van der Waals surface area contributed by atoms with Crippen molar-refractivity contribution < 1.29 is 14.3 Å². The second-order valence-corrected chi connectivity index (χ2v) is 6.54. The molecule has 1 heterocycles. The van der Waals surface area contributed by atoms with E-state index in [9.17, 15) is 9.59 Å². The van der Waals surface area contributed by atoms with Crippen LogP contribution < -0.4 is 4.90 Å². The van der Waals surface area contributed by atoms with Crippen molar-refractivity contribution in [2.45, 2.75) is 13.0 Å². The number of para-hydroxylation sites is 1. The monoisotopic (exact) mass is 366 g/mol. The van der Waals surface area contributed by atoms with Crippen LogP contribution >= 0.6 is 11.3 Å². The fraction of sp³-hybridized carbons (Fsp3) is 0.150. The number of thiazole rings is 1. The van der Waals surface area contributed by atoms with Crippen molar-refractivity contribution >= 4 is 28.9 Å². The molecule has 0 N–H and O–H groups in total. The third kappa shape index (κ3) is 3.97. The van der Waals surface area contributed by atoms with Crippen molar-refractivity contribution in [1.29, 1.82) is 0 Å². The lowest BCUT2D eigenvalue weighted by Gasteiger charge is -2.21. The van der Waals surface area contributed by atoms with Gasteiger partial charge in [-0.3, -0.25) is 4.79 Å². The van der Waals surface area contributed by atoms with Crippen LogP contribution in [0, 0.1) is 0 Å². The van der Waals surface area contributed by atoms with E-state index >= 15 is 0 Å². The molecule has 0 aliphatic heterocycles. The summed E-state index contributed by atoms with van der Waals surface area (Å²) in [6.07, 6.45) is -0.908. The zero-order chi connectivity index (χ0) is 18.5. The quantitative estimate of drug-likeness (QED) is 0.640. The van der Waals surface area contributed by atoms with Crippen molar-refractivity contribution in [3.05, 3.63) is 71.7 Å². The Morgan fingerprint density at radius 3 is 2.31 bits per heavy atom. The smallest absolute Gasteiger partial charge is 0.358 e. The normalized spacial score (nSPS) is 11.6. The molecule has 3 aromatic rings. The van der Waals surface area contributed by atoms with E-state index in [2.05, 4.69) is 4.98 Å². The Balaban J connectivity index is 1.66. The molecule has 0 saturated heterocycles. The molecule has 3 rings (SSSR count). The van der Waals surface area contributed by atoms with E-state index in [1.54, 1.807) is 19.4 Å². The Morgan fingerprint density at radius 2 is 1.65 bits per heavy atom. The molecule has 5 nitrogen and oxygen atoms in total. The van der Waals surface area contributed by atoms with E-state index < -0.39 is 12.1 Å². The largest absolute Gasteiger partial charge is 0.448 e. The van der Waals surface area contributed by atoms with Crippen molar-refractivity contribution in [2.24, 2.45) is 0 Å². The minimum Gasteiger partial charge on any atom is -0.448 e. The highest BCUT2D eigenvalue weighted by molar-refractivity contribution is 7.13. The molecule has 1 aromatic heterocycles. The van der Waals surface area contributed by atoms with Crippen LogP contribution in [0.15, 0.2) is 66.0 Å². The Labute approximate surface area is 155 Å². The zero-order valence-electron chi connectivity index (χ0n) is 14.5. The lowest BCUT2D eigenvalue weighted by molar-refractivity contribution is -0.126. The first-order chi connectivity index (χ1) is 12.6. The SMILES string of the molecule is CC(OC(=O)c1csc(-c2ccccc2)n1)C(=O)N(C)c1ccccc1. The summed E-state index contributed by atoms with van der Waals surface area (Å²) in [5, 5.41) is 2.38. The summed E-state index contributed by atoms with van der Waals surface area (Å²) in [6, 6.07) is 18.8. The van der Waals surface area contributed by atoms with Gasteiger partial charge in [-0.1, -0.05) is 48.5 Å². The number of anilines is 1. The Hall–Kier alpha value is -2.99. The number of esters is 1. The molecule has 0 aliphatic carbocycles. The standard InChI is InChI=1S/C20H18N2O3S/c1-14(19(23)22(2)16-11-7-4-8-12-16)25-20(24)17-13-26-18(21-17)15-9-5-3-6-10-15/h3-14H,1-2H3. The van der Waals surface area contributed by atoms with Crippen molar-refractivity contribution in [1.82, 2.24) is 4.98 Å². The summed E-state index contributed by atoms with van der Waals surface area (Å²) in [5.41, 5.74) is 1.88. The van der Waals surface area contributed by atoms with E-state index in [1.807, 2.05) is 60.7 Å². The van der Waals surface area contributed by atoms with Gasteiger partial charge in [0.25, 0.3) is 5.91 Å². The molecule has 1 unspecified atom stereocenters. The van der Waals surface area contributed by atoms with Crippen LogP contribution in [0.1, 0.15) is 17.4 Å². The summed E-state index contributed by atoms with van der Waals surface area (Å²) >= 11 is 1.36. The van der Waals surface area contributed by atoms with Gasteiger partial charge in [0.2, 0.25) is 0 Å². The average molecular weight is 366 g/mol. The van der Waals surface area contributed by atoms with Crippen LogP contribution in [0.2, 0.25) is 0 Å². The number of nitrogens with zero attached hydrogens (tertiary/aromatic N) is 2. The van der Waals surface area contributed by atoms with Gasteiger partial charge in [0.15, 0.2) is 11.8 Å². The van der Waals surface area contributed by atoms with Crippen molar-refractivity contribution in [2.75, 3.05) is 11.9 Å². The fourth-order valence-corrected chi connectivity index (χ4v) is 3.20. The zero-order valence-corrected chi connectivity index (χ0v) is 15.3. The van der Waals surface area contributed by atoms with E-state index in [1.165, 1.54) is 16.2 Å². The van der Waals surface area contributed by atoms with Crippen LogP contribution in [0.4, 0.5) is 5.69 Å². The maximum atomic E-state index is 12.5. The third-order valence-electron chi connectivity index (χ3n) is 3.84. The predicted octanol–water partition coefficient (Wildman–Crippen LogP) is 4.02. The predicted molar refractivity (Wildman–Crippen MR) is 102 cm³/mol. The highest BCUT2D eigenvalue weighted by Crippen LogP contribution is 2.24. The van der Waals surface area contributed by atoms with E-state index in [-0.39, 0.29) is 11.6 Å². The highest BCUT2D eigenvalue weighted by atomic mass is 32.1. The molecule has 0 fully saturated rings. The Kier molecular flexibility index (Phi) is 5.43. The first kappa shape index (κ1) is 17.8. The van der Waals surface area contributed by atoms with Gasteiger partial charge in [-0.15, -0.1) is 11.3 Å². The summed E-state index contributed by atoms with van der Waals surface area (Å²) in [4.78, 5) is 30.6. The Morgan fingerprint density at radius 1 is 1.04 bits per heavy atom. The second-order valence-electron chi connectivity index (χ2n) is 5.68. The minimum atomic E-state index is -0.908. The summed E-state index contributed by atoms with van der Waals surface area (Å²) < 4.78 is 5.30. The van der Waals surface area contributed by atoms with Crippen LogP contribution in [-0.2, 0) is 9.53 Å². The molecule has 1 amide bonds. The van der Waals surface area contributed by atoms with Gasteiger partial charge in [0.05, 0.1) is 0 Å². The van der Waals surface area contributed by atoms with Crippen LogP contribution in [0.3, 0.4) is 0 Å². The van der Waals surface area contributed by atoms with Crippen LogP contribution in [0.25, 0.3) is 10.6 Å². The summed E-state index contributed by atoms with van der Waals surface area (Å²) in [7, 11) is 1.65. The number of hydrogen-bond donors (Lipinski definition) is 0. The number of aromatic nitrogens is 1. The van der Waals surface area contributed by atoms with Gasteiger partial charge in [0, 0.05) is 23.7 Å². The van der Waals surface area contributed by atoms with Gasteiger partial charge in [-0.2, -0.15) is 0 Å². The lowest BCUT2D eigenvalue weighted by atomic mass is 10.2. The third-order valence-corrected chi connectivity index (χ3v) is 4.73. The molecule has 0 aliphatic rings. The highest BCUT2D eigenvalue weighted by Gasteiger charge is 2.24. The van der Waals surface area contributed by atoms with Crippen LogP contribution in [0.5, 0.6) is 0 Å². The van der Waals surface area contributed by atoms with Gasteiger partial charge in [-0.25, -0.2) is 9.78 Å². The number of rotatable bonds is 5. The fourth-order valence-electron chi connectivity index (χ4n) is 2.40. The minimum absolute atomic E-state index is 0.205. The molecule has 0 saturated carbocycles. The topological polar surface area (TPSA) is 59.5 Å². The second kappa shape index (κ2) is 7.93. The number of carbonyl (C=O) groups excluding carboxylic acids is 2. The molecule has 0 spiro atoms. The summed E-state index contributed by atoms with van der Waals surface area (Å²) in [5.74, 6) is -0.909. The molecule has 0 bridgehead atoms. The lowest BCUT2D eigenvalue weighted by Crippen LogP contribution is -2.37. The molecule has 132 valence electrons. The number of benzene rings is 2. The molecule has 1 atom stereocenters. The first-order valence-corrected chi connectivity index (χ1v) is 8.99. The van der Waals surface area contributed by atoms with Gasteiger partial charge >= 0.3 is 5.97 Å². The first-order valence-electron chi connectivity index (χ1n) is 8.11. The van der Waals surface area contributed by atoms with E-state index in [4.69, 9.17) is 4.74 Å². The number of carbonyl (C=O) groups is 2. The number of hydrogen-bond acceptors (Lipinski definition) is 5. The van der Waals surface area contributed by atoms with Gasteiger partial charge in [-0.05, 0) is 19.1 Å².